The number of halogens is 3. The van der Waals surface area contributed by atoms with Crippen molar-refractivity contribution in [1.82, 2.24) is 10.2 Å². The van der Waals surface area contributed by atoms with Crippen LogP contribution in [0.5, 0.6) is 0 Å². The molecule has 1 heterocycles. The highest BCUT2D eigenvalue weighted by molar-refractivity contribution is 5.38. The molecule has 3 nitrogen and oxygen atoms in total. The summed E-state index contributed by atoms with van der Waals surface area (Å²) in [6.07, 6.45) is -4.56. The summed E-state index contributed by atoms with van der Waals surface area (Å²) in [6, 6.07) is 1.44. The molecule has 0 saturated heterocycles. The number of nitrogens with zero attached hydrogens (tertiary/aromatic N) is 2. The second-order valence-electron chi connectivity index (χ2n) is 2.18. The Kier molecular flexibility index (Phi) is 1.80. The molecule has 1 aromatic rings. The third-order valence-electron chi connectivity index (χ3n) is 1.33. The molecule has 0 bridgehead atoms. The second kappa shape index (κ2) is 2.52. The molecule has 0 aliphatic heterocycles. The summed E-state index contributed by atoms with van der Waals surface area (Å²) >= 11 is 0. The second-order valence-corrected chi connectivity index (χ2v) is 2.18. The van der Waals surface area contributed by atoms with Gasteiger partial charge < -0.3 is 0 Å². The lowest BCUT2D eigenvalue weighted by Crippen LogP contribution is -2.07. The first-order valence-corrected chi connectivity index (χ1v) is 2.99. The molecular weight excluding hydrogens is 171 g/mol. The molecule has 1 aromatic heterocycles. The average Bonchev–Trinajstić information content (AvgIpc) is 2.29. The maximum absolute atomic E-state index is 12.0. The van der Waals surface area contributed by atoms with E-state index in [1.807, 2.05) is 0 Å². The van der Waals surface area contributed by atoms with E-state index in [1.165, 1.54) is 13.0 Å². The fraction of sp³-hybridized carbons (Fsp3) is 0.333. The number of aryl methyl sites for hydroxylation is 1. The summed E-state index contributed by atoms with van der Waals surface area (Å²) in [4.78, 5) is 0. The van der Waals surface area contributed by atoms with E-state index in [4.69, 9.17) is 5.26 Å². The van der Waals surface area contributed by atoms with Crippen molar-refractivity contribution in [2.75, 3.05) is 0 Å². The van der Waals surface area contributed by atoms with Crippen molar-refractivity contribution >= 4 is 0 Å². The number of hydrogen-bond acceptors (Lipinski definition) is 2. The summed E-state index contributed by atoms with van der Waals surface area (Å²) in [5.41, 5.74) is -1.46. The summed E-state index contributed by atoms with van der Waals surface area (Å²) in [6.45, 7) is 1.36. The highest BCUT2D eigenvalue weighted by Crippen LogP contribution is 2.30. The van der Waals surface area contributed by atoms with E-state index in [0.29, 0.717) is 0 Å². The minimum atomic E-state index is -4.56. The third kappa shape index (κ3) is 1.25. The first kappa shape index (κ1) is 8.59. The number of hydrogen-bond donors (Lipinski definition) is 1. The number of alkyl halides is 3. The van der Waals surface area contributed by atoms with Crippen LogP contribution in [0.15, 0.2) is 0 Å². The molecule has 6 heteroatoms. The molecule has 0 fully saturated rings. The fourth-order valence-electron chi connectivity index (χ4n) is 0.771. The van der Waals surface area contributed by atoms with Crippen LogP contribution >= 0.6 is 0 Å². The van der Waals surface area contributed by atoms with Crippen LogP contribution in [0.4, 0.5) is 13.2 Å². The molecule has 0 radical (unpaired) electrons. The lowest BCUT2D eigenvalue weighted by Gasteiger charge is -2.00. The van der Waals surface area contributed by atoms with E-state index in [1.54, 1.807) is 0 Å². The van der Waals surface area contributed by atoms with Gasteiger partial charge in [0.25, 0.3) is 0 Å². The van der Waals surface area contributed by atoms with E-state index in [9.17, 15) is 13.2 Å². The molecule has 0 spiro atoms. The molecule has 0 aliphatic carbocycles. The van der Waals surface area contributed by atoms with E-state index in [0.717, 1.165) is 0 Å². The molecule has 12 heavy (non-hydrogen) atoms. The molecule has 0 atom stereocenters. The van der Waals surface area contributed by atoms with Gasteiger partial charge in [0.2, 0.25) is 0 Å². The van der Waals surface area contributed by atoms with Crippen molar-refractivity contribution < 1.29 is 13.2 Å². The lowest BCUT2D eigenvalue weighted by molar-refractivity contribution is -0.141. The standard InChI is InChI=1S/C6H4F3N3/c1-3-4(2-10)5(12-11-3)6(7,8)9/h1H3,(H,11,12). The van der Waals surface area contributed by atoms with E-state index >= 15 is 0 Å². The van der Waals surface area contributed by atoms with Crippen LogP contribution in [0.3, 0.4) is 0 Å². The summed E-state index contributed by atoms with van der Waals surface area (Å²) < 4.78 is 36.0. The van der Waals surface area contributed by atoms with Gasteiger partial charge in [-0.1, -0.05) is 0 Å². The zero-order chi connectivity index (χ0) is 9.35. The van der Waals surface area contributed by atoms with Crippen molar-refractivity contribution in [3.63, 3.8) is 0 Å². The SMILES string of the molecule is Cc1[nH]nc(C(F)(F)F)c1C#N. The van der Waals surface area contributed by atoms with Crippen LogP contribution in [-0.2, 0) is 6.18 Å². The third-order valence-corrected chi connectivity index (χ3v) is 1.33. The number of H-pyrrole nitrogens is 1. The van der Waals surface area contributed by atoms with Crippen LogP contribution in [0.1, 0.15) is 17.0 Å². The Hall–Kier alpha value is -1.51. The molecule has 1 rings (SSSR count). The maximum Gasteiger partial charge on any atom is 0.436 e. The van der Waals surface area contributed by atoms with Crippen molar-refractivity contribution in [2.24, 2.45) is 0 Å². The molecule has 0 amide bonds. The number of rotatable bonds is 0. The largest absolute Gasteiger partial charge is 0.436 e. The van der Waals surface area contributed by atoms with Crippen molar-refractivity contribution in [3.8, 4) is 6.07 Å². The van der Waals surface area contributed by atoms with Crippen LogP contribution in [-0.4, -0.2) is 10.2 Å². The van der Waals surface area contributed by atoms with Crippen molar-refractivity contribution in [1.29, 1.82) is 5.26 Å². The zero-order valence-corrected chi connectivity index (χ0v) is 6.03. The summed E-state index contributed by atoms with van der Waals surface area (Å²) in [5.74, 6) is 0. The number of nitrogens with one attached hydrogen (secondary N) is 1. The van der Waals surface area contributed by atoms with Gasteiger partial charge in [0, 0.05) is 0 Å². The van der Waals surface area contributed by atoms with Gasteiger partial charge in [0.1, 0.15) is 11.6 Å². The van der Waals surface area contributed by atoms with Gasteiger partial charge >= 0.3 is 6.18 Å². The fourth-order valence-corrected chi connectivity index (χ4v) is 0.771. The number of aromatic nitrogens is 2. The minimum absolute atomic E-state index is 0.129. The lowest BCUT2D eigenvalue weighted by atomic mass is 10.2. The molecule has 0 saturated carbocycles. The van der Waals surface area contributed by atoms with Gasteiger partial charge in [-0.2, -0.15) is 23.5 Å². The number of nitriles is 1. The van der Waals surface area contributed by atoms with Crippen molar-refractivity contribution in [2.45, 2.75) is 13.1 Å². The molecule has 0 aliphatic rings. The summed E-state index contributed by atoms with van der Waals surface area (Å²) in [7, 11) is 0. The molecular formula is C6H4F3N3. The van der Waals surface area contributed by atoms with Crippen LogP contribution in [0, 0.1) is 18.3 Å². The predicted octanol–water partition coefficient (Wildman–Crippen LogP) is 1.61. The Morgan fingerprint density at radius 3 is 2.42 bits per heavy atom. The Labute approximate surface area is 65.8 Å². The van der Waals surface area contributed by atoms with Gasteiger partial charge in [-0.15, -0.1) is 0 Å². The van der Waals surface area contributed by atoms with E-state index < -0.39 is 17.4 Å². The highest BCUT2D eigenvalue weighted by Gasteiger charge is 2.37. The first-order chi connectivity index (χ1) is 5.46. The van der Waals surface area contributed by atoms with Gasteiger partial charge in [-0.25, -0.2) is 0 Å². The summed E-state index contributed by atoms with van der Waals surface area (Å²) in [5, 5.41) is 13.4. The first-order valence-electron chi connectivity index (χ1n) is 2.99. The van der Waals surface area contributed by atoms with Crippen LogP contribution in [0.2, 0.25) is 0 Å². The molecule has 0 unspecified atom stereocenters. The molecule has 0 aromatic carbocycles. The van der Waals surface area contributed by atoms with Crippen LogP contribution < -0.4 is 0 Å². The van der Waals surface area contributed by atoms with Crippen molar-refractivity contribution in [3.05, 3.63) is 17.0 Å². The van der Waals surface area contributed by atoms with Gasteiger partial charge in [-0.05, 0) is 6.92 Å². The average molecular weight is 175 g/mol. The van der Waals surface area contributed by atoms with Gasteiger partial charge in [-0.3, -0.25) is 5.10 Å². The number of aromatic amines is 1. The van der Waals surface area contributed by atoms with Gasteiger partial charge in [0.05, 0.1) is 5.69 Å². The van der Waals surface area contributed by atoms with E-state index in [2.05, 4.69) is 10.2 Å². The Morgan fingerprint density at radius 1 is 1.50 bits per heavy atom. The van der Waals surface area contributed by atoms with Crippen LogP contribution in [0.25, 0.3) is 0 Å². The normalized spacial score (nSPS) is 11.2. The monoisotopic (exact) mass is 175 g/mol. The molecule has 64 valence electrons. The predicted molar refractivity (Wildman–Crippen MR) is 33.0 cm³/mol. The van der Waals surface area contributed by atoms with E-state index in [-0.39, 0.29) is 5.69 Å². The van der Waals surface area contributed by atoms with Gasteiger partial charge in [0.15, 0.2) is 5.69 Å². The smallest absolute Gasteiger partial charge is 0.281 e. The highest BCUT2D eigenvalue weighted by atomic mass is 19.4. The topological polar surface area (TPSA) is 52.5 Å². The quantitative estimate of drug-likeness (QED) is 0.651. The Morgan fingerprint density at radius 2 is 2.08 bits per heavy atom. The minimum Gasteiger partial charge on any atom is -0.281 e. The maximum atomic E-state index is 12.0. The zero-order valence-electron chi connectivity index (χ0n) is 6.03. The Bertz CT molecular complexity index is 331. The Balaban J connectivity index is 3.28. The molecule has 1 N–H and O–H groups in total.